The molecule has 1 saturated carbocycles. The summed E-state index contributed by atoms with van der Waals surface area (Å²) in [6.45, 7) is 0. The van der Waals surface area contributed by atoms with Gasteiger partial charge >= 0.3 is 6.36 Å². The van der Waals surface area contributed by atoms with Gasteiger partial charge in [0, 0.05) is 36.0 Å². The number of hydrogen-bond donors (Lipinski definition) is 2. The molecule has 1 aromatic heterocycles. The van der Waals surface area contributed by atoms with Crippen molar-refractivity contribution in [2.75, 3.05) is 24.3 Å². The number of carbonyl (C=O) groups is 1. The average molecular weight is 552 g/mol. The van der Waals surface area contributed by atoms with Crippen LogP contribution in [0.1, 0.15) is 36.0 Å². The van der Waals surface area contributed by atoms with E-state index in [0.29, 0.717) is 23.3 Å². The summed E-state index contributed by atoms with van der Waals surface area (Å²) in [4.78, 5) is 24.0. The van der Waals surface area contributed by atoms with Crippen molar-refractivity contribution in [3.63, 3.8) is 0 Å². The van der Waals surface area contributed by atoms with Crippen LogP contribution < -0.4 is 20.3 Å². The summed E-state index contributed by atoms with van der Waals surface area (Å²) >= 11 is 3.11. The summed E-state index contributed by atoms with van der Waals surface area (Å²) in [6.07, 6.45) is -2.04. The zero-order chi connectivity index (χ0) is 25.2. The Morgan fingerprint density at radius 2 is 1.74 bits per heavy atom. The number of alkyl halides is 3. The topological polar surface area (TPSA) is 79.4 Å². The van der Waals surface area contributed by atoms with E-state index in [1.54, 1.807) is 0 Å². The van der Waals surface area contributed by atoms with Crippen LogP contribution in [0.5, 0.6) is 5.75 Å². The Labute approximate surface area is 209 Å². The Kier molecular flexibility index (Phi) is 7.34. The third kappa shape index (κ3) is 6.33. The minimum Gasteiger partial charge on any atom is -0.405 e. The number of halogens is 4. The summed E-state index contributed by atoms with van der Waals surface area (Å²) in [5, 5.41) is 7.22. The molecule has 186 valence electrons. The number of carbonyl (C=O) groups excluding carboxylic acids is 1. The first-order chi connectivity index (χ1) is 16.6. The number of amides is 1. The van der Waals surface area contributed by atoms with Crippen molar-refractivity contribution in [1.29, 1.82) is 0 Å². The van der Waals surface area contributed by atoms with E-state index in [9.17, 15) is 18.0 Å². The van der Waals surface area contributed by atoms with E-state index in [0.717, 1.165) is 35.6 Å². The fourth-order valence-electron chi connectivity index (χ4n) is 4.19. The molecule has 1 amide bonds. The van der Waals surface area contributed by atoms with E-state index in [4.69, 9.17) is 0 Å². The molecule has 0 bridgehead atoms. The normalized spacial score (nSPS) is 18.2. The Morgan fingerprint density at radius 3 is 2.43 bits per heavy atom. The highest BCUT2D eigenvalue weighted by molar-refractivity contribution is 9.10. The minimum atomic E-state index is -4.89. The largest absolute Gasteiger partial charge is 0.573 e. The molecule has 35 heavy (non-hydrogen) atoms. The zero-order valence-corrected chi connectivity index (χ0v) is 20.8. The van der Waals surface area contributed by atoms with Crippen LogP contribution in [-0.4, -0.2) is 48.4 Å². The van der Waals surface area contributed by atoms with Gasteiger partial charge in [0.1, 0.15) is 11.6 Å². The third-order valence-electron chi connectivity index (χ3n) is 5.82. The van der Waals surface area contributed by atoms with Gasteiger partial charge in [-0.25, -0.2) is 4.98 Å². The van der Waals surface area contributed by atoms with Crippen molar-refractivity contribution >= 4 is 44.5 Å². The molecular weight excluding hydrogens is 527 g/mol. The number of para-hydroxylation sites is 1. The highest BCUT2D eigenvalue weighted by Crippen LogP contribution is 2.30. The first-order valence-corrected chi connectivity index (χ1v) is 11.9. The van der Waals surface area contributed by atoms with Crippen LogP contribution in [0.4, 0.5) is 24.9 Å². The predicted molar refractivity (Wildman–Crippen MR) is 132 cm³/mol. The van der Waals surface area contributed by atoms with Gasteiger partial charge in [0.2, 0.25) is 5.95 Å². The second kappa shape index (κ2) is 10.3. The van der Waals surface area contributed by atoms with Gasteiger partial charge in [-0.05, 0) is 56.0 Å². The molecule has 11 heteroatoms. The second-order valence-electron chi connectivity index (χ2n) is 8.64. The summed E-state index contributed by atoms with van der Waals surface area (Å²) in [5.74, 6) is 0.237. The predicted octanol–water partition coefficient (Wildman–Crippen LogP) is 5.51. The fourth-order valence-corrected chi connectivity index (χ4v) is 4.53. The highest BCUT2D eigenvalue weighted by atomic mass is 79.9. The number of nitrogens with zero attached hydrogens (tertiary/aromatic N) is 3. The number of rotatable bonds is 6. The van der Waals surface area contributed by atoms with Crippen molar-refractivity contribution in [3.05, 3.63) is 52.5 Å². The Hall–Kier alpha value is -3.08. The summed E-state index contributed by atoms with van der Waals surface area (Å²) < 4.78 is 42.7. The molecule has 0 aliphatic heterocycles. The average Bonchev–Trinajstić information content (AvgIpc) is 2.78. The Morgan fingerprint density at radius 1 is 1.06 bits per heavy atom. The lowest BCUT2D eigenvalue weighted by Crippen LogP contribution is -2.40. The van der Waals surface area contributed by atoms with Gasteiger partial charge in [0.15, 0.2) is 0 Å². The molecule has 2 N–H and O–H groups in total. The maximum absolute atomic E-state index is 12.8. The number of hydrogen-bond acceptors (Lipinski definition) is 6. The van der Waals surface area contributed by atoms with Gasteiger partial charge in [-0.15, -0.1) is 13.2 Å². The molecule has 0 unspecified atom stereocenters. The molecule has 2 aromatic carbocycles. The molecule has 0 spiro atoms. The minimum absolute atomic E-state index is 0.121. The zero-order valence-electron chi connectivity index (χ0n) is 19.2. The molecule has 0 atom stereocenters. The van der Waals surface area contributed by atoms with Crippen molar-refractivity contribution in [2.45, 2.75) is 44.1 Å². The molecule has 3 aromatic rings. The molecule has 0 radical (unpaired) electrons. The lowest BCUT2D eigenvalue weighted by atomic mass is 9.91. The fraction of sp³-hybridized carbons (Fsp3) is 0.375. The third-order valence-corrected chi connectivity index (χ3v) is 6.31. The smallest absolute Gasteiger partial charge is 0.405 e. The highest BCUT2D eigenvalue weighted by Gasteiger charge is 2.33. The quantitative estimate of drug-likeness (QED) is 0.420. The van der Waals surface area contributed by atoms with E-state index < -0.39 is 18.0 Å². The molecule has 4 rings (SSSR count). The van der Waals surface area contributed by atoms with Crippen molar-refractivity contribution in [1.82, 2.24) is 15.3 Å². The van der Waals surface area contributed by atoms with Gasteiger partial charge in [-0.2, -0.15) is 4.98 Å². The van der Waals surface area contributed by atoms with Crippen molar-refractivity contribution < 1.29 is 22.7 Å². The van der Waals surface area contributed by atoms with Crippen LogP contribution in [0.3, 0.4) is 0 Å². The van der Waals surface area contributed by atoms with Crippen molar-refractivity contribution in [3.8, 4) is 5.75 Å². The van der Waals surface area contributed by atoms with Crippen LogP contribution in [0.15, 0.2) is 46.9 Å². The summed E-state index contributed by atoms with van der Waals surface area (Å²) in [5.41, 5.74) is 0.688. The lowest BCUT2D eigenvalue weighted by molar-refractivity contribution is -0.274. The van der Waals surface area contributed by atoms with E-state index >= 15 is 0 Å². The second-order valence-corrected chi connectivity index (χ2v) is 9.55. The number of nitrogens with one attached hydrogen (secondary N) is 2. The lowest BCUT2D eigenvalue weighted by Gasteiger charge is -2.30. The van der Waals surface area contributed by atoms with Gasteiger partial charge in [0.05, 0.1) is 11.1 Å². The molecule has 7 nitrogen and oxygen atoms in total. The van der Waals surface area contributed by atoms with Gasteiger partial charge < -0.3 is 20.3 Å². The number of fused-ring (bicyclic) bond motifs is 1. The maximum atomic E-state index is 12.8. The first-order valence-electron chi connectivity index (χ1n) is 11.2. The summed E-state index contributed by atoms with van der Waals surface area (Å²) in [7, 11) is 3.87. The van der Waals surface area contributed by atoms with E-state index in [1.165, 1.54) is 12.1 Å². The van der Waals surface area contributed by atoms with Crippen LogP contribution >= 0.6 is 15.9 Å². The van der Waals surface area contributed by atoms with Gasteiger partial charge in [-0.3, -0.25) is 4.79 Å². The van der Waals surface area contributed by atoms with Crippen LogP contribution in [-0.2, 0) is 0 Å². The number of benzene rings is 2. The molecular formula is C24H25BrF3N5O2. The first kappa shape index (κ1) is 25.0. The van der Waals surface area contributed by atoms with Crippen LogP contribution in [0.2, 0.25) is 0 Å². The van der Waals surface area contributed by atoms with E-state index in [1.807, 2.05) is 43.3 Å². The van der Waals surface area contributed by atoms with Crippen LogP contribution in [0, 0.1) is 0 Å². The van der Waals surface area contributed by atoms with Crippen molar-refractivity contribution in [2.24, 2.45) is 0 Å². The Balaban J connectivity index is 1.38. The molecule has 1 fully saturated rings. The van der Waals surface area contributed by atoms with Gasteiger partial charge in [0.25, 0.3) is 5.91 Å². The molecule has 1 aliphatic rings. The number of ether oxygens (including phenoxy) is 1. The molecule has 0 saturated heterocycles. The number of anilines is 2. The number of aromatic nitrogens is 2. The Bertz CT molecular complexity index is 1210. The van der Waals surface area contributed by atoms with E-state index in [-0.39, 0.29) is 17.6 Å². The molecule has 1 heterocycles. The standard InChI is InChI=1S/C24H25BrF3N5O2/c1-33(2)21-17-5-3-4-6-19(17)31-23(32-21)30-16-10-8-15(9-11-16)29-22(34)18-12-7-14(25)13-20(18)35-24(26,27)28/h3-7,12-13,15-16H,8-11H2,1-2H3,(H,29,34)(H,30,31,32)/t15-,16+. The maximum Gasteiger partial charge on any atom is 0.573 e. The van der Waals surface area contributed by atoms with Crippen LogP contribution in [0.25, 0.3) is 10.9 Å². The summed E-state index contributed by atoms with van der Waals surface area (Å²) in [6, 6.07) is 11.7. The van der Waals surface area contributed by atoms with E-state index in [2.05, 4.69) is 41.3 Å². The van der Waals surface area contributed by atoms with Gasteiger partial charge in [-0.1, -0.05) is 28.1 Å². The molecule has 1 aliphatic carbocycles. The SMILES string of the molecule is CN(C)c1nc(N[C@H]2CC[C@@H](NC(=O)c3ccc(Br)cc3OC(F)(F)F)CC2)nc2ccccc12. The monoisotopic (exact) mass is 551 g/mol.